The molecule has 0 unspecified atom stereocenters. The van der Waals surface area contributed by atoms with Gasteiger partial charge in [0.05, 0.1) is 24.0 Å². The zero-order valence-corrected chi connectivity index (χ0v) is 10.9. The van der Waals surface area contributed by atoms with Crippen LogP contribution < -0.4 is 11.1 Å². The van der Waals surface area contributed by atoms with Gasteiger partial charge in [0, 0.05) is 19.8 Å². The van der Waals surface area contributed by atoms with Gasteiger partial charge in [0.25, 0.3) is 0 Å². The number of hydrogen-bond acceptors (Lipinski definition) is 5. The molecule has 1 aromatic rings. The largest absolute Gasteiger partial charge is 0.465 e. The highest BCUT2D eigenvalue weighted by Gasteiger charge is 2.07. The highest BCUT2D eigenvalue weighted by atomic mass is 16.5. The molecule has 0 radical (unpaired) electrons. The lowest BCUT2D eigenvalue weighted by molar-refractivity contribution is 0.0601. The Morgan fingerprint density at radius 2 is 2.22 bits per heavy atom. The van der Waals surface area contributed by atoms with E-state index in [1.165, 1.54) is 7.11 Å². The minimum Gasteiger partial charge on any atom is -0.465 e. The number of nitrogens with one attached hydrogen (secondary N) is 1. The third-order valence-electron chi connectivity index (χ3n) is 2.46. The van der Waals surface area contributed by atoms with Crippen LogP contribution in [0.5, 0.6) is 0 Å². The molecule has 100 valence electrons. The maximum Gasteiger partial charge on any atom is 0.337 e. The van der Waals surface area contributed by atoms with Crippen LogP contribution in [0.25, 0.3) is 0 Å². The zero-order valence-electron chi connectivity index (χ0n) is 10.9. The molecule has 0 bridgehead atoms. The number of hydrogen-bond donors (Lipinski definition) is 2. The Bertz CT molecular complexity index is 394. The Balaban J connectivity index is 2.56. The number of carbonyl (C=O) groups excluding carboxylic acids is 1. The van der Waals surface area contributed by atoms with Crippen LogP contribution in [0.4, 0.5) is 11.4 Å². The van der Waals surface area contributed by atoms with Crippen molar-refractivity contribution in [3.63, 3.8) is 0 Å². The van der Waals surface area contributed by atoms with Gasteiger partial charge in [-0.1, -0.05) is 0 Å². The van der Waals surface area contributed by atoms with Crippen LogP contribution in [0.15, 0.2) is 18.2 Å². The van der Waals surface area contributed by atoms with E-state index in [9.17, 15) is 4.79 Å². The maximum absolute atomic E-state index is 11.4. The van der Waals surface area contributed by atoms with Crippen molar-refractivity contribution in [3.8, 4) is 0 Å². The van der Waals surface area contributed by atoms with E-state index in [0.29, 0.717) is 17.9 Å². The molecule has 0 atom stereocenters. The number of anilines is 2. The second-order valence-corrected chi connectivity index (χ2v) is 3.77. The third-order valence-corrected chi connectivity index (χ3v) is 2.46. The first kappa shape index (κ1) is 14.3. The molecule has 0 aliphatic rings. The summed E-state index contributed by atoms with van der Waals surface area (Å²) in [6.07, 6.45) is 0.885. The fourth-order valence-electron chi connectivity index (χ4n) is 1.50. The number of rotatable bonds is 7. The van der Waals surface area contributed by atoms with Crippen molar-refractivity contribution in [3.05, 3.63) is 23.8 Å². The van der Waals surface area contributed by atoms with Gasteiger partial charge in [-0.3, -0.25) is 0 Å². The van der Waals surface area contributed by atoms with Crippen molar-refractivity contribution in [1.82, 2.24) is 0 Å². The van der Waals surface area contributed by atoms with Crippen molar-refractivity contribution < 1.29 is 14.3 Å². The number of nitrogen functional groups attached to an aromatic ring is 1. The summed E-state index contributed by atoms with van der Waals surface area (Å²) in [6.45, 7) is 4.14. The van der Waals surface area contributed by atoms with Gasteiger partial charge in [0.1, 0.15) is 0 Å². The van der Waals surface area contributed by atoms with Crippen LogP contribution >= 0.6 is 0 Å². The Labute approximate surface area is 107 Å². The second kappa shape index (κ2) is 7.55. The Kier molecular flexibility index (Phi) is 6.00. The highest BCUT2D eigenvalue weighted by Crippen LogP contribution is 2.20. The first-order valence-corrected chi connectivity index (χ1v) is 5.98. The summed E-state index contributed by atoms with van der Waals surface area (Å²) in [6, 6.07) is 5.03. The molecule has 3 N–H and O–H groups in total. The fraction of sp³-hybridized carbons (Fsp3) is 0.462. The van der Waals surface area contributed by atoms with Crippen LogP contribution in [-0.4, -0.2) is 32.8 Å². The normalized spacial score (nSPS) is 10.1. The lowest BCUT2D eigenvalue weighted by Gasteiger charge is -2.10. The number of methoxy groups -OCH3 is 1. The molecule has 1 aromatic carbocycles. The number of esters is 1. The minimum absolute atomic E-state index is 0.368. The molecule has 0 aliphatic carbocycles. The van der Waals surface area contributed by atoms with Crippen molar-refractivity contribution in [2.24, 2.45) is 0 Å². The van der Waals surface area contributed by atoms with E-state index in [2.05, 4.69) is 10.1 Å². The molecule has 0 aliphatic heterocycles. The van der Waals surface area contributed by atoms with E-state index < -0.39 is 0 Å². The summed E-state index contributed by atoms with van der Waals surface area (Å²) in [5.41, 5.74) is 7.67. The van der Waals surface area contributed by atoms with Gasteiger partial charge in [-0.25, -0.2) is 4.79 Å². The van der Waals surface area contributed by atoms with Crippen LogP contribution in [0.1, 0.15) is 23.7 Å². The third kappa shape index (κ3) is 4.25. The predicted molar refractivity (Wildman–Crippen MR) is 71.8 cm³/mol. The topological polar surface area (TPSA) is 73.6 Å². The summed E-state index contributed by atoms with van der Waals surface area (Å²) in [5, 5.41) is 3.18. The van der Waals surface area contributed by atoms with E-state index in [1.54, 1.807) is 18.2 Å². The van der Waals surface area contributed by atoms with Gasteiger partial charge >= 0.3 is 5.97 Å². The lowest BCUT2D eigenvalue weighted by Crippen LogP contribution is -2.09. The van der Waals surface area contributed by atoms with Gasteiger partial charge in [0.15, 0.2) is 0 Å². The fourth-order valence-corrected chi connectivity index (χ4v) is 1.50. The summed E-state index contributed by atoms with van der Waals surface area (Å²) in [5.74, 6) is -0.368. The maximum atomic E-state index is 11.4. The smallest absolute Gasteiger partial charge is 0.337 e. The van der Waals surface area contributed by atoms with E-state index in [-0.39, 0.29) is 5.97 Å². The highest BCUT2D eigenvalue weighted by molar-refractivity contribution is 5.91. The molecule has 0 amide bonds. The van der Waals surface area contributed by atoms with E-state index >= 15 is 0 Å². The SMILES string of the molecule is CCOCCCNc1cc(C(=O)OC)ccc1N. The van der Waals surface area contributed by atoms with E-state index in [0.717, 1.165) is 25.3 Å². The summed E-state index contributed by atoms with van der Waals surface area (Å²) >= 11 is 0. The molecule has 0 heterocycles. The molecular weight excluding hydrogens is 232 g/mol. The molecule has 0 aromatic heterocycles. The second-order valence-electron chi connectivity index (χ2n) is 3.77. The van der Waals surface area contributed by atoms with Crippen LogP contribution in [0, 0.1) is 0 Å². The van der Waals surface area contributed by atoms with Gasteiger partial charge in [-0.05, 0) is 31.5 Å². The van der Waals surface area contributed by atoms with Gasteiger partial charge < -0.3 is 20.5 Å². The van der Waals surface area contributed by atoms with Crippen molar-refractivity contribution >= 4 is 17.3 Å². The summed E-state index contributed by atoms with van der Waals surface area (Å²) in [4.78, 5) is 11.4. The molecule has 0 saturated heterocycles. The Morgan fingerprint density at radius 3 is 2.89 bits per heavy atom. The number of carbonyl (C=O) groups is 1. The summed E-state index contributed by atoms with van der Waals surface area (Å²) < 4.78 is 9.90. The molecule has 1 rings (SSSR count). The zero-order chi connectivity index (χ0) is 13.4. The molecule has 18 heavy (non-hydrogen) atoms. The first-order chi connectivity index (χ1) is 8.69. The molecule has 0 fully saturated rings. The van der Waals surface area contributed by atoms with Crippen molar-refractivity contribution in [2.75, 3.05) is 37.9 Å². The van der Waals surface area contributed by atoms with Gasteiger partial charge in [0.2, 0.25) is 0 Å². The molecule has 5 heteroatoms. The Hall–Kier alpha value is -1.75. The molecule has 0 saturated carbocycles. The standard InChI is InChI=1S/C13H20N2O3/c1-3-18-8-4-7-15-12-9-10(13(16)17-2)5-6-11(12)14/h5-6,9,15H,3-4,7-8,14H2,1-2H3. The lowest BCUT2D eigenvalue weighted by atomic mass is 10.1. The van der Waals surface area contributed by atoms with Crippen molar-refractivity contribution in [1.29, 1.82) is 0 Å². The van der Waals surface area contributed by atoms with Crippen LogP contribution in [0.3, 0.4) is 0 Å². The number of benzene rings is 1. The number of nitrogens with two attached hydrogens (primary N) is 1. The van der Waals surface area contributed by atoms with Gasteiger partial charge in [-0.2, -0.15) is 0 Å². The molecular formula is C13H20N2O3. The van der Waals surface area contributed by atoms with Crippen LogP contribution in [-0.2, 0) is 9.47 Å². The number of ether oxygens (including phenoxy) is 2. The summed E-state index contributed by atoms with van der Waals surface area (Å²) in [7, 11) is 1.36. The quantitative estimate of drug-likeness (QED) is 0.440. The van der Waals surface area contributed by atoms with Crippen molar-refractivity contribution in [2.45, 2.75) is 13.3 Å². The average Bonchev–Trinajstić information content (AvgIpc) is 2.39. The molecule has 5 nitrogen and oxygen atoms in total. The predicted octanol–water partition coefficient (Wildman–Crippen LogP) is 1.89. The van der Waals surface area contributed by atoms with Gasteiger partial charge in [-0.15, -0.1) is 0 Å². The van der Waals surface area contributed by atoms with E-state index in [1.807, 2.05) is 6.92 Å². The minimum atomic E-state index is -0.368. The molecule has 0 spiro atoms. The van der Waals surface area contributed by atoms with E-state index in [4.69, 9.17) is 10.5 Å². The van der Waals surface area contributed by atoms with Crippen LogP contribution in [0.2, 0.25) is 0 Å². The Morgan fingerprint density at radius 1 is 1.44 bits per heavy atom. The average molecular weight is 252 g/mol. The first-order valence-electron chi connectivity index (χ1n) is 5.98. The monoisotopic (exact) mass is 252 g/mol.